The number of nitrogens with zero attached hydrogens (tertiary/aromatic N) is 4. The number of thiazole rings is 1. The number of nitrogens with one attached hydrogen (secondary N) is 2. The maximum atomic E-state index is 11.4. The van der Waals surface area contributed by atoms with Crippen molar-refractivity contribution in [2.45, 2.75) is 23.2 Å². The van der Waals surface area contributed by atoms with Gasteiger partial charge >= 0.3 is 0 Å². The Hall–Kier alpha value is -1.97. The van der Waals surface area contributed by atoms with Gasteiger partial charge in [0.05, 0.1) is 0 Å². The number of H-pyrrole nitrogens is 1. The van der Waals surface area contributed by atoms with Crippen LogP contribution in [0.5, 0.6) is 0 Å². The van der Waals surface area contributed by atoms with E-state index in [0.29, 0.717) is 17.6 Å². The second kappa shape index (κ2) is 6.88. The molecule has 0 radical (unpaired) electrons. The van der Waals surface area contributed by atoms with Crippen LogP contribution in [0.1, 0.15) is 12.8 Å². The predicted molar refractivity (Wildman–Crippen MR) is 96.3 cm³/mol. The van der Waals surface area contributed by atoms with Crippen molar-refractivity contribution in [1.29, 1.82) is 0 Å². The van der Waals surface area contributed by atoms with E-state index in [1.165, 1.54) is 6.07 Å². The standard InChI is InChI=1S/C15H16N6OS2/c22-12-2-1-10-9-17-14(20-13(10)19-12)18-11-3-6-21(7-4-11)24-15-16-5-8-23-15/h1-2,5,8-9,11H,3-4,6-7H2,(H2,17,18,19,20,22). The number of piperidine rings is 1. The zero-order chi connectivity index (χ0) is 16.4. The molecule has 3 aromatic heterocycles. The zero-order valence-corrected chi connectivity index (χ0v) is 14.4. The second-order valence-corrected chi connectivity index (χ2v) is 7.80. The summed E-state index contributed by atoms with van der Waals surface area (Å²) in [5, 5.41) is 6.21. The highest BCUT2D eigenvalue weighted by molar-refractivity contribution is 7.98. The summed E-state index contributed by atoms with van der Waals surface area (Å²) in [7, 11) is 0. The fraction of sp³-hybridized carbons (Fsp3) is 0.333. The molecule has 0 bridgehead atoms. The summed E-state index contributed by atoms with van der Waals surface area (Å²) in [6.07, 6.45) is 5.60. The van der Waals surface area contributed by atoms with E-state index in [1.54, 1.807) is 35.5 Å². The number of rotatable bonds is 4. The quantitative estimate of drug-likeness (QED) is 0.691. The molecule has 1 saturated heterocycles. The van der Waals surface area contributed by atoms with Crippen molar-refractivity contribution >= 4 is 40.3 Å². The van der Waals surface area contributed by atoms with Crippen molar-refractivity contribution in [2.24, 2.45) is 0 Å². The van der Waals surface area contributed by atoms with Crippen molar-refractivity contribution in [3.63, 3.8) is 0 Å². The average molecular weight is 360 g/mol. The molecule has 3 aromatic rings. The topological polar surface area (TPSA) is 86.8 Å². The molecule has 4 heterocycles. The van der Waals surface area contributed by atoms with Gasteiger partial charge in [0.15, 0.2) is 4.34 Å². The second-order valence-electron chi connectivity index (χ2n) is 5.56. The maximum Gasteiger partial charge on any atom is 0.249 e. The average Bonchev–Trinajstić information content (AvgIpc) is 3.09. The molecular formula is C15H16N6OS2. The Bertz CT molecular complexity index is 873. The molecule has 0 unspecified atom stereocenters. The lowest BCUT2D eigenvalue weighted by Crippen LogP contribution is -2.35. The lowest BCUT2D eigenvalue weighted by molar-refractivity contribution is 0.357. The van der Waals surface area contributed by atoms with Crippen molar-refractivity contribution < 1.29 is 0 Å². The van der Waals surface area contributed by atoms with E-state index in [-0.39, 0.29) is 5.56 Å². The first-order valence-corrected chi connectivity index (χ1v) is 9.36. The first kappa shape index (κ1) is 15.6. The molecule has 1 aliphatic heterocycles. The normalized spacial score (nSPS) is 16.5. The van der Waals surface area contributed by atoms with Crippen LogP contribution in [0.2, 0.25) is 0 Å². The largest absolute Gasteiger partial charge is 0.351 e. The van der Waals surface area contributed by atoms with Gasteiger partial charge in [-0.1, -0.05) is 0 Å². The molecule has 7 nitrogen and oxygen atoms in total. The van der Waals surface area contributed by atoms with Crippen LogP contribution in [0.25, 0.3) is 11.0 Å². The zero-order valence-electron chi connectivity index (χ0n) is 12.8. The molecule has 0 atom stereocenters. The van der Waals surface area contributed by atoms with Gasteiger partial charge < -0.3 is 10.3 Å². The van der Waals surface area contributed by atoms with E-state index >= 15 is 0 Å². The van der Waals surface area contributed by atoms with E-state index in [1.807, 2.05) is 11.6 Å². The minimum atomic E-state index is -0.153. The lowest BCUT2D eigenvalue weighted by atomic mass is 10.1. The third kappa shape index (κ3) is 3.58. The minimum absolute atomic E-state index is 0.153. The monoisotopic (exact) mass is 360 g/mol. The highest BCUT2D eigenvalue weighted by atomic mass is 32.2. The number of hydrogen-bond acceptors (Lipinski definition) is 8. The van der Waals surface area contributed by atoms with E-state index in [2.05, 4.69) is 29.6 Å². The Kier molecular flexibility index (Phi) is 4.46. The van der Waals surface area contributed by atoms with E-state index in [0.717, 1.165) is 35.7 Å². The molecule has 2 N–H and O–H groups in total. The van der Waals surface area contributed by atoms with E-state index in [4.69, 9.17) is 0 Å². The molecule has 1 aliphatic rings. The molecule has 0 aliphatic carbocycles. The first-order valence-electron chi connectivity index (χ1n) is 7.71. The number of fused-ring (bicyclic) bond motifs is 1. The first-order chi connectivity index (χ1) is 11.8. The van der Waals surface area contributed by atoms with Crippen molar-refractivity contribution in [1.82, 2.24) is 24.2 Å². The summed E-state index contributed by atoms with van der Waals surface area (Å²) in [5.41, 5.74) is 0.413. The Morgan fingerprint density at radius 3 is 2.96 bits per heavy atom. The van der Waals surface area contributed by atoms with Crippen LogP contribution in [-0.4, -0.2) is 43.4 Å². The summed E-state index contributed by atoms with van der Waals surface area (Å²) in [4.78, 5) is 27.2. The number of aromatic nitrogens is 4. The molecular weight excluding hydrogens is 344 g/mol. The summed E-state index contributed by atoms with van der Waals surface area (Å²) in [6.45, 7) is 1.98. The molecule has 9 heteroatoms. The summed E-state index contributed by atoms with van der Waals surface area (Å²) >= 11 is 3.39. The van der Waals surface area contributed by atoms with Crippen LogP contribution in [0.4, 0.5) is 5.95 Å². The highest BCUT2D eigenvalue weighted by Crippen LogP contribution is 2.28. The van der Waals surface area contributed by atoms with Gasteiger partial charge in [-0.15, -0.1) is 11.3 Å². The van der Waals surface area contributed by atoms with Crippen LogP contribution in [0.3, 0.4) is 0 Å². The highest BCUT2D eigenvalue weighted by Gasteiger charge is 2.21. The molecule has 24 heavy (non-hydrogen) atoms. The van der Waals surface area contributed by atoms with Crippen LogP contribution in [0, 0.1) is 0 Å². The fourth-order valence-corrected chi connectivity index (χ4v) is 4.38. The number of aromatic amines is 1. The van der Waals surface area contributed by atoms with Gasteiger partial charge in [0.25, 0.3) is 0 Å². The smallest absolute Gasteiger partial charge is 0.249 e. The summed E-state index contributed by atoms with van der Waals surface area (Å²) in [5.74, 6) is 0.565. The molecule has 1 fully saturated rings. The van der Waals surface area contributed by atoms with Gasteiger partial charge in [0.1, 0.15) is 5.65 Å². The Morgan fingerprint density at radius 2 is 2.17 bits per heavy atom. The van der Waals surface area contributed by atoms with Gasteiger partial charge in [0.2, 0.25) is 11.5 Å². The third-order valence-corrected chi connectivity index (χ3v) is 5.84. The Labute approximate surface area is 146 Å². The van der Waals surface area contributed by atoms with Gasteiger partial charge in [-0.25, -0.2) is 14.3 Å². The predicted octanol–water partition coefficient (Wildman–Crippen LogP) is 2.36. The van der Waals surface area contributed by atoms with Gasteiger partial charge in [-0.05, 0) is 30.9 Å². The summed E-state index contributed by atoms with van der Waals surface area (Å²) in [6, 6.07) is 3.55. The maximum absolute atomic E-state index is 11.4. The number of hydrogen-bond donors (Lipinski definition) is 2. The van der Waals surface area contributed by atoms with Gasteiger partial charge in [0, 0.05) is 48.4 Å². The molecule has 124 valence electrons. The number of pyridine rings is 1. The summed E-state index contributed by atoms with van der Waals surface area (Å²) < 4.78 is 3.43. The van der Waals surface area contributed by atoms with Gasteiger partial charge in [-0.3, -0.25) is 4.79 Å². The SMILES string of the molecule is O=c1ccc2cnc(NC3CCN(Sc4nccs4)CC3)nc2[nH]1. The fourth-order valence-electron chi connectivity index (χ4n) is 2.65. The van der Waals surface area contributed by atoms with E-state index < -0.39 is 0 Å². The molecule has 0 aromatic carbocycles. The molecule has 0 saturated carbocycles. The van der Waals surface area contributed by atoms with E-state index in [9.17, 15) is 4.79 Å². The van der Waals surface area contributed by atoms with Crippen LogP contribution < -0.4 is 10.9 Å². The van der Waals surface area contributed by atoms with Gasteiger partial charge in [-0.2, -0.15) is 4.98 Å². The third-order valence-electron chi connectivity index (χ3n) is 3.88. The molecule has 4 rings (SSSR count). The molecule has 0 amide bonds. The molecule has 0 spiro atoms. The van der Waals surface area contributed by atoms with Crippen molar-refractivity contribution in [2.75, 3.05) is 18.4 Å². The van der Waals surface area contributed by atoms with Crippen molar-refractivity contribution in [3.05, 3.63) is 40.3 Å². The van der Waals surface area contributed by atoms with Crippen LogP contribution >= 0.6 is 23.3 Å². The number of anilines is 1. The van der Waals surface area contributed by atoms with Crippen molar-refractivity contribution in [3.8, 4) is 0 Å². The Morgan fingerprint density at radius 1 is 1.29 bits per heavy atom. The van der Waals surface area contributed by atoms with Crippen LogP contribution in [0.15, 0.2) is 39.0 Å². The lowest BCUT2D eigenvalue weighted by Gasteiger charge is -2.30. The Balaban J connectivity index is 1.37. The van der Waals surface area contributed by atoms with Crippen LogP contribution in [-0.2, 0) is 0 Å². The minimum Gasteiger partial charge on any atom is -0.351 e.